The van der Waals surface area contributed by atoms with Crippen LogP contribution in [0.5, 0.6) is 0 Å². The first-order valence-corrected chi connectivity index (χ1v) is 6.34. The summed E-state index contributed by atoms with van der Waals surface area (Å²) >= 11 is 0. The van der Waals surface area contributed by atoms with Crippen LogP contribution in [0, 0.1) is 0 Å². The number of fused-ring (bicyclic) bond motifs is 1. The molecule has 0 unspecified atom stereocenters. The summed E-state index contributed by atoms with van der Waals surface area (Å²) in [5, 5.41) is 6.02. The maximum atomic E-state index is 5.38. The van der Waals surface area contributed by atoms with E-state index in [-0.39, 0.29) is 5.60 Å². The zero-order chi connectivity index (χ0) is 13.0. The van der Waals surface area contributed by atoms with Gasteiger partial charge in [-0.2, -0.15) is 0 Å². The summed E-state index contributed by atoms with van der Waals surface area (Å²) in [6.45, 7) is 5.88. The van der Waals surface area contributed by atoms with Crippen molar-refractivity contribution < 1.29 is 4.74 Å². The number of hydrogen-bond donors (Lipinski definition) is 1. The van der Waals surface area contributed by atoms with Crippen molar-refractivity contribution in [3.8, 4) is 0 Å². The zero-order valence-electron chi connectivity index (χ0n) is 11.4. The lowest BCUT2D eigenvalue weighted by Gasteiger charge is -2.23. The molecule has 0 aromatic heterocycles. The normalized spacial score (nSPS) is 11.9. The van der Waals surface area contributed by atoms with Crippen molar-refractivity contribution in [1.29, 1.82) is 0 Å². The van der Waals surface area contributed by atoms with Crippen LogP contribution >= 0.6 is 0 Å². The maximum absolute atomic E-state index is 5.38. The molecular formula is C16H21NO. The van der Waals surface area contributed by atoms with Crippen molar-refractivity contribution in [3.05, 3.63) is 48.0 Å². The summed E-state index contributed by atoms with van der Waals surface area (Å²) in [5.74, 6) is 0. The number of ether oxygens (including phenoxy) is 1. The van der Waals surface area contributed by atoms with Gasteiger partial charge in [-0.05, 0) is 36.2 Å². The summed E-state index contributed by atoms with van der Waals surface area (Å²) in [5.41, 5.74) is 1.19. The smallest absolute Gasteiger partial charge is 0.0746 e. The molecule has 0 saturated carbocycles. The van der Waals surface area contributed by atoms with Crippen molar-refractivity contribution in [3.63, 3.8) is 0 Å². The molecule has 0 fully saturated rings. The lowest BCUT2D eigenvalue weighted by Crippen LogP contribution is -2.36. The van der Waals surface area contributed by atoms with Crippen LogP contribution < -0.4 is 5.32 Å². The van der Waals surface area contributed by atoms with Gasteiger partial charge >= 0.3 is 0 Å². The quantitative estimate of drug-likeness (QED) is 0.869. The highest BCUT2D eigenvalue weighted by Gasteiger charge is 2.14. The summed E-state index contributed by atoms with van der Waals surface area (Å²) in [6.07, 6.45) is 0. The van der Waals surface area contributed by atoms with E-state index in [0.717, 1.165) is 13.1 Å². The van der Waals surface area contributed by atoms with E-state index in [1.807, 2.05) is 0 Å². The van der Waals surface area contributed by atoms with E-state index in [1.165, 1.54) is 16.3 Å². The molecule has 0 bridgehead atoms. The van der Waals surface area contributed by atoms with Crippen LogP contribution in [0.4, 0.5) is 0 Å². The Morgan fingerprint density at radius 1 is 1.06 bits per heavy atom. The molecule has 18 heavy (non-hydrogen) atoms. The standard InChI is InChI=1S/C16H21NO/c1-16(2,18-3)12-17-11-13-8-9-14-6-4-5-7-15(14)10-13/h4-10,17H,11-12H2,1-3H3. The average Bonchev–Trinajstić information content (AvgIpc) is 2.38. The van der Waals surface area contributed by atoms with E-state index in [0.29, 0.717) is 0 Å². The van der Waals surface area contributed by atoms with Gasteiger partial charge in [-0.1, -0.05) is 36.4 Å². The monoisotopic (exact) mass is 243 g/mol. The molecule has 0 aliphatic heterocycles. The van der Waals surface area contributed by atoms with Crippen molar-refractivity contribution in [1.82, 2.24) is 5.32 Å². The lowest BCUT2D eigenvalue weighted by atomic mass is 10.1. The fourth-order valence-corrected chi connectivity index (χ4v) is 1.93. The highest BCUT2D eigenvalue weighted by molar-refractivity contribution is 5.82. The van der Waals surface area contributed by atoms with Gasteiger partial charge in [0.2, 0.25) is 0 Å². The highest BCUT2D eigenvalue weighted by Crippen LogP contribution is 2.15. The summed E-state index contributed by atoms with van der Waals surface area (Å²) < 4.78 is 5.38. The van der Waals surface area contributed by atoms with E-state index < -0.39 is 0 Å². The third-order valence-electron chi connectivity index (χ3n) is 3.25. The summed E-state index contributed by atoms with van der Waals surface area (Å²) in [7, 11) is 1.75. The van der Waals surface area contributed by atoms with E-state index in [1.54, 1.807) is 7.11 Å². The van der Waals surface area contributed by atoms with E-state index in [2.05, 4.69) is 61.6 Å². The number of methoxy groups -OCH3 is 1. The predicted molar refractivity (Wildman–Crippen MR) is 76.7 cm³/mol. The Balaban J connectivity index is 2.00. The third kappa shape index (κ3) is 3.31. The Bertz CT molecular complexity index is 519. The van der Waals surface area contributed by atoms with Crippen molar-refractivity contribution in [2.24, 2.45) is 0 Å². The van der Waals surface area contributed by atoms with Gasteiger partial charge in [0.1, 0.15) is 0 Å². The SMILES string of the molecule is COC(C)(C)CNCc1ccc2ccccc2c1. The Kier molecular flexibility index (Phi) is 4.00. The molecule has 0 aliphatic rings. The van der Waals surface area contributed by atoms with Crippen LogP contribution in [-0.2, 0) is 11.3 Å². The maximum Gasteiger partial charge on any atom is 0.0746 e. The number of rotatable bonds is 5. The summed E-state index contributed by atoms with van der Waals surface area (Å²) in [6, 6.07) is 15.0. The van der Waals surface area contributed by atoms with Gasteiger partial charge in [0.05, 0.1) is 5.60 Å². The lowest BCUT2D eigenvalue weighted by molar-refractivity contribution is 0.0231. The van der Waals surface area contributed by atoms with Crippen LogP contribution in [0.3, 0.4) is 0 Å². The minimum atomic E-state index is -0.114. The zero-order valence-corrected chi connectivity index (χ0v) is 11.4. The second kappa shape index (κ2) is 5.51. The molecule has 2 nitrogen and oxygen atoms in total. The van der Waals surface area contributed by atoms with E-state index in [4.69, 9.17) is 4.74 Å². The van der Waals surface area contributed by atoms with Crippen molar-refractivity contribution >= 4 is 10.8 Å². The van der Waals surface area contributed by atoms with E-state index in [9.17, 15) is 0 Å². The van der Waals surface area contributed by atoms with Gasteiger partial charge < -0.3 is 10.1 Å². The van der Waals surface area contributed by atoms with Gasteiger partial charge in [-0.15, -0.1) is 0 Å². The molecule has 2 aromatic carbocycles. The molecule has 2 aromatic rings. The molecule has 0 saturated heterocycles. The molecule has 0 heterocycles. The Labute approximate surface area is 109 Å². The first-order valence-electron chi connectivity index (χ1n) is 6.34. The fourth-order valence-electron chi connectivity index (χ4n) is 1.93. The number of benzene rings is 2. The van der Waals surface area contributed by atoms with Gasteiger partial charge in [-0.3, -0.25) is 0 Å². The van der Waals surface area contributed by atoms with Crippen molar-refractivity contribution in [2.45, 2.75) is 26.0 Å². The fraction of sp³-hybridized carbons (Fsp3) is 0.375. The Morgan fingerprint density at radius 2 is 1.78 bits per heavy atom. The molecule has 0 radical (unpaired) electrons. The average molecular weight is 243 g/mol. The Morgan fingerprint density at radius 3 is 2.50 bits per heavy atom. The topological polar surface area (TPSA) is 21.3 Å². The van der Waals surface area contributed by atoms with Gasteiger partial charge in [0.15, 0.2) is 0 Å². The van der Waals surface area contributed by atoms with Gasteiger partial charge in [-0.25, -0.2) is 0 Å². The van der Waals surface area contributed by atoms with Crippen LogP contribution in [-0.4, -0.2) is 19.3 Å². The first-order chi connectivity index (χ1) is 8.61. The van der Waals surface area contributed by atoms with Crippen LogP contribution in [0.2, 0.25) is 0 Å². The molecule has 0 atom stereocenters. The largest absolute Gasteiger partial charge is 0.377 e. The molecule has 1 N–H and O–H groups in total. The molecule has 2 rings (SSSR count). The molecular weight excluding hydrogens is 222 g/mol. The second-order valence-corrected chi connectivity index (χ2v) is 5.25. The van der Waals surface area contributed by atoms with Crippen LogP contribution in [0.25, 0.3) is 10.8 Å². The Hall–Kier alpha value is -1.38. The minimum absolute atomic E-state index is 0.114. The molecule has 2 heteroatoms. The molecule has 0 aliphatic carbocycles. The van der Waals surface area contributed by atoms with Crippen LogP contribution in [0.15, 0.2) is 42.5 Å². The molecule has 0 amide bonds. The summed E-state index contributed by atoms with van der Waals surface area (Å²) in [4.78, 5) is 0. The number of nitrogens with one attached hydrogen (secondary N) is 1. The van der Waals surface area contributed by atoms with Gasteiger partial charge in [0.25, 0.3) is 0 Å². The van der Waals surface area contributed by atoms with Gasteiger partial charge in [0, 0.05) is 20.2 Å². The predicted octanol–water partition coefficient (Wildman–Crippen LogP) is 3.35. The minimum Gasteiger partial charge on any atom is -0.377 e. The highest BCUT2D eigenvalue weighted by atomic mass is 16.5. The van der Waals surface area contributed by atoms with Crippen molar-refractivity contribution in [2.75, 3.05) is 13.7 Å². The molecule has 0 spiro atoms. The third-order valence-corrected chi connectivity index (χ3v) is 3.25. The molecule has 96 valence electrons. The number of hydrogen-bond acceptors (Lipinski definition) is 2. The van der Waals surface area contributed by atoms with E-state index >= 15 is 0 Å². The van der Waals surface area contributed by atoms with Crippen LogP contribution in [0.1, 0.15) is 19.4 Å². The first kappa shape index (κ1) is 13.1. The second-order valence-electron chi connectivity index (χ2n) is 5.25.